The molecule has 0 N–H and O–H groups in total. The van der Waals surface area contributed by atoms with Gasteiger partial charge in [-0.2, -0.15) is 0 Å². The highest BCUT2D eigenvalue weighted by Gasteiger charge is 2.09. The lowest BCUT2D eigenvalue weighted by Gasteiger charge is -2.12. The van der Waals surface area contributed by atoms with E-state index in [1.54, 1.807) is 0 Å². The smallest absolute Gasteiger partial charge is 0.0834 e. The van der Waals surface area contributed by atoms with Crippen molar-refractivity contribution in [2.75, 3.05) is 0 Å². The van der Waals surface area contributed by atoms with Crippen LogP contribution >= 0.6 is 0 Å². The van der Waals surface area contributed by atoms with Crippen LogP contribution in [0.4, 0.5) is 0 Å². The van der Waals surface area contributed by atoms with E-state index in [1.165, 1.54) is 12.4 Å². The fourth-order valence-electron chi connectivity index (χ4n) is 0.750. The van der Waals surface area contributed by atoms with Gasteiger partial charge in [-0.15, -0.1) is 0 Å². The quantitative estimate of drug-likeness (QED) is 0.475. The maximum atomic E-state index is 2.41. The summed E-state index contributed by atoms with van der Waals surface area (Å²) in [5.41, 5.74) is 0. The van der Waals surface area contributed by atoms with Crippen molar-refractivity contribution in [3.8, 4) is 0 Å². The lowest BCUT2D eigenvalue weighted by molar-refractivity contribution is 1.35. The topological polar surface area (TPSA) is 0 Å². The summed E-state index contributed by atoms with van der Waals surface area (Å²) in [6.45, 7) is 7.24. The van der Waals surface area contributed by atoms with Crippen LogP contribution in [0.3, 0.4) is 0 Å². The van der Waals surface area contributed by atoms with Gasteiger partial charge in [-0.1, -0.05) is 32.0 Å². The van der Waals surface area contributed by atoms with Crippen molar-refractivity contribution >= 4 is 15.9 Å². The first-order chi connectivity index (χ1) is 3.06. The third-order valence-corrected chi connectivity index (χ3v) is 3.00. The van der Waals surface area contributed by atoms with E-state index in [-0.39, 0.29) is 0 Å². The average molecular weight is 114 g/mol. The molecule has 0 aromatic carbocycles. The molecule has 0 heterocycles. The molecule has 0 aliphatic heterocycles. The molecule has 0 saturated heterocycles. The standard InChI is InChI=1S/C5H15BSi/c1-7(2,3)5-4-6/h4-6H2,1-3H3. The minimum atomic E-state index is -0.657. The maximum Gasteiger partial charge on any atom is 0.101 e. The largest absolute Gasteiger partial charge is 0.101 e. The number of hydrogen-bond acceptors (Lipinski definition) is 0. The van der Waals surface area contributed by atoms with Crippen molar-refractivity contribution in [3.63, 3.8) is 0 Å². The van der Waals surface area contributed by atoms with E-state index in [9.17, 15) is 0 Å². The van der Waals surface area contributed by atoms with Gasteiger partial charge in [0.15, 0.2) is 0 Å². The first-order valence-electron chi connectivity index (χ1n) is 3.06. The zero-order valence-electron chi connectivity index (χ0n) is 5.91. The molecule has 0 unspecified atom stereocenters. The molecular formula is C5H15BSi. The first-order valence-corrected chi connectivity index (χ1v) is 6.77. The van der Waals surface area contributed by atoms with E-state index in [0.29, 0.717) is 0 Å². The molecule has 0 atom stereocenters. The summed E-state index contributed by atoms with van der Waals surface area (Å²) in [6.07, 6.45) is 1.37. The van der Waals surface area contributed by atoms with Crippen LogP contribution in [0.25, 0.3) is 0 Å². The molecular weight excluding hydrogens is 99.0 g/mol. The summed E-state index contributed by atoms with van der Waals surface area (Å²) in [6, 6.07) is 1.48. The van der Waals surface area contributed by atoms with Gasteiger partial charge in [-0.05, 0) is 0 Å². The minimum Gasteiger partial charge on any atom is -0.0834 e. The number of rotatable bonds is 2. The molecule has 0 nitrogen and oxygen atoms in total. The van der Waals surface area contributed by atoms with Gasteiger partial charge in [0.05, 0.1) is 0 Å². The fraction of sp³-hybridized carbons (Fsp3) is 1.00. The Balaban J connectivity index is 3.15. The molecule has 7 heavy (non-hydrogen) atoms. The monoisotopic (exact) mass is 114 g/mol. The fourth-order valence-corrected chi connectivity index (χ4v) is 2.25. The Morgan fingerprint density at radius 2 is 1.71 bits per heavy atom. The second-order valence-corrected chi connectivity index (χ2v) is 8.93. The summed E-state index contributed by atoms with van der Waals surface area (Å²) in [7, 11) is 1.60. The van der Waals surface area contributed by atoms with E-state index in [1.807, 2.05) is 0 Å². The molecule has 0 rings (SSSR count). The Kier molecular flexibility index (Phi) is 2.66. The molecule has 0 saturated carbocycles. The Labute approximate surface area is 48.7 Å². The summed E-state index contributed by atoms with van der Waals surface area (Å²) in [4.78, 5) is 0. The summed E-state index contributed by atoms with van der Waals surface area (Å²) >= 11 is 0. The van der Waals surface area contributed by atoms with Gasteiger partial charge in [0.2, 0.25) is 0 Å². The Morgan fingerprint density at radius 1 is 1.29 bits per heavy atom. The Hall–Kier alpha value is 0.282. The van der Waals surface area contributed by atoms with Crippen molar-refractivity contribution in [2.24, 2.45) is 0 Å². The second-order valence-electron chi connectivity index (χ2n) is 3.31. The summed E-state index contributed by atoms with van der Waals surface area (Å²) < 4.78 is 0. The molecule has 0 aliphatic rings. The summed E-state index contributed by atoms with van der Waals surface area (Å²) in [5.74, 6) is 0. The molecule has 0 bridgehead atoms. The van der Waals surface area contributed by atoms with Crippen molar-refractivity contribution in [3.05, 3.63) is 0 Å². The molecule has 0 aromatic heterocycles. The minimum absolute atomic E-state index is 0.657. The molecule has 42 valence electrons. The van der Waals surface area contributed by atoms with E-state index in [2.05, 4.69) is 27.5 Å². The molecule has 0 aromatic rings. The Bertz CT molecular complexity index is 46.5. The average Bonchev–Trinajstić information content (AvgIpc) is 1.30. The van der Waals surface area contributed by atoms with Crippen LogP contribution in [0.2, 0.25) is 32.0 Å². The van der Waals surface area contributed by atoms with Crippen molar-refractivity contribution in [1.29, 1.82) is 0 Å². The van der Waals surface area contributed by atoms with Crippen molar-refractivity contribution in [2.45, 2.75) is 32.0 Å². The lowest BCUT2D eigenvalue weighted by atomic mass is 10.1. The van der Waals surface area contributed by atoms with Gasteiger partial charge in [-0.3, -0.25) is 0 Å². The van der Waals surface area contributed by atoms with Gasteiger partial charge >= 0.3 is 0 Å². The van der Waals surface area contributed by atoms with Gasteiger partial charge in [0.1, 0.15) is 7.85 Å². The van der Waals surface area contributed by atoms with Crippen LogP contribution in [0.5, 0.6) is 0 Å². The number of hydrogen-bond donors (Lipinski definition) is 0. The highest BCUT2D eigenvalue weighted by atomic mass is 28.3. The first kappa shape index (κ1) is 7.28. The van der Waals surface area contributed by atoms with Crippen LogP contribution in [-0.4, -0.2) is 15.9 Å². The third-order valence-electron chi connectivity index (χ3n) is 1.000. The Morgan fingerprint density at radius 3 is 1.71 bits per heavy atom. The van der Waals surface area contributed by atoms with Gasteiger partial charge in [-0.25, -0.2) is 0 Å². The highest BCUT2D eigenvalue weighted by molar-refractivity contribution is 6.76. The van der Waals surface area contributed by atoms with E-state index < -0.39 is 8.07 Å². The highest BCUT2D eigenvalue weighted by Crippen LogP contribution is 2.08. The maximum absolute atomic E-state index is 2.41. The predicted octanol–water partition coefficient (Wildman–Crippen LogP) is 1.38. The van der Waals surface area contributed by atoms with Crippen LogP contribution in [-0.2, 0) is 0 Å². The van der Waals surface area contributed by atoms with Crippen molar-refractivity contribution < 1.29 is 0 Å². The lowest BCUT2D eigenvalue weighted by Crippen LogP contribution is -2.18. The van der Waals surface area contributed by atoms with Crippen LogP contribution in [0, 0.1) is 0 Å². The van der Waals surface area contributed by atoms with Crippen LogP contribution < -0.4 is 0 Å². The predicted molar refractivity (Wildman–Crippen MR) is 41.5 cm³/mol. The van der Waals surface area contributed by atoms with Gasteiger partial charge in [0, 0.05) is 8.07 Å². The van der Waals surface area contributed by atoms with Gasteiger partial charge in [0.25, 0.3) is 0 Å². The third kappa shape index (κ3) is 6.28. The molecule has 0 fully saturated rings. The zero-order chi connectivity index (χ0) is 5.91. The second kappa shape index (κ2) is 2.56. The van der Waals surface area contributed by atoms with Crippen LogP contribution in [0.15, 0.2) is 0 Å². The van der Waals surface area contributed by atoms with Gasteiger partial charge < -0.3 is 0 Å². The van der Waals surface area contributed by atoms with Crippen LogP contribution in [0.1, 0.15) is 0 Å². The van der Waals surface area contributed by atoms with E-state index in [0.717, 1.165) is 0 Å². The molecule has 0 radical (unpaired) electrons. The molecule has 0 spiro atoms. The normalized spacial score (nSPS) is 11.9. The van der Waals surface area contributed by atoms with Crippen molar-refractivity contribution in [1.82, 2.24) is 0 Å². The van der Waals surface area contributed by atoms with E-state index in [4.69, 9.17) is 0 Å². The van der Waals surface area contributed by atoms with E-state index >= 15 is 0 Å². The molecule has 0 aliphatic carbocycles. The zero-order valence-corrected chi connectivity index (χ0v) is 6.91. The summed E-state index contributed by atoms with van der Waals surface area (Å²) in [5, 5.41) is 0. The molecule has 0 amide bonds. The SMILES string of the molecule is BCC[Si](C)(C)C. The molecule has 2 heteroatoms.